The van der Waals surface area contributed by atoms with Gasteiger partial charge in [0.25, 0.3) is 0 Å². The third-order valence-corrected chi connectivity index (χ3v) is 4.27. The normalized spacial score (nSPS) is 12.4. The Morgan fingerprint density at radius 3 is 2.60 bits per heavy atom. The molecular formula is C16H16Cl2FN. The molecule has 0 spiro atoms. The molecule has 2 aromatic carbocycles. The van der Waals surface area contributed by atoms with E-state index >= 15 is 0 Å². The Bertz CT molecular complexity index is 613. The lowest BCUT2D eigenvalue weighted by molar-refractivity contribution is 0.587. The van der Waals surface area contributed by atoms with Gasteiger partial charge in [-0.05, 0) is 55.3 Å². The molecule has 1 atom stereocenters. The highest BCUT2D eigenvalue weighted by Crippen LogP contribution is 2.31. The molecule has 0 amide bonds. The summed E-state index contributed by atoms with van der Waals surface area (Å²) >= 11 is 12.3. The Kier molecular flexibility index (Phi) is 5.03. The van der Waals surface area contributed by atoms with Crippen molar-refractivity contribution in [3.8, 4) is 0 Å². The Labute approximate surface area is 128 Å². The lowest BCUT2D eigenvalue weighted by atomic mass is 9.96. The van der Waals surface area contributed by atoms with Crippen molar-refractivity contribution in [3.05, 3.63) is 69.0 Å². The first-order valence-corrected chi connectivity index (χ1v) is 7.14. The SMILES string of the molecule is CNC(Cc1ccc(F)cc1C)c1cccc(Cl)c1Cl. The molecule has 106 valence electrons. The molecule has 0 heterocycles. The number of aryl methyl sites for hydroxylation is 1. The van der Waals surface area contributed by atoms with E-state index in [-0.39, 0.29) is 11.9 Å². The van der Waals surface area contributed by atoms with Gasteiger partial charge < -0.3 is 5.32 Å². The van der Waals surface area contributed by atoms with Gasteiger partial charge >= 0.3 is 0 Å². The van der Waals surface area contributed by atoms with Gasteiger partial charge in [0.15, 0.2) is 0 Å². The molecular weight excluding hydrogens is 296 g/mol. The fourth-order valence-corrected chi connectivity index (χ4v) is 2.70. The van der Waals surface area contributed by atoms with Crippen LogP contribution in [0.15, 0.2) is 36.4 Å². The van der Waals surface area contributed by atoms with Gasteiger partial charge in [0.05, 0.1) is 10.0 Å². The van der Waals surface area contributed by atoms with Gasteiger partial charge in [-0.15, -0.1) is 0 Å². The summed E-state index contributed by atoms with van der Waals surface area (Å²) in [5, 5.41) is 4.34. The highest BCUT2D eigenvalue weighted by molar-refractivity contribution is 6.42. The lowest BCUT2D eigenvalue weighted by Gasteiger charge is -2.19. The summed E-state index contributed by atoms with van der Waals surface area (Å²) in [6.45, 7) is 1.91. The Morgan fingerprint density at radius 2 is 1.95 bits per heavy atom. The number of benzene rings is 2. The molecule has 1 unspecified atom stereocenters. The van der Waals surface area contributed by atoms with E-state index in [1.807, 2.05) is 32.2 Å². The van der Waals surface area contributed by atoms with Crippen LogP contribution in [0.4, 0.5) is 4.39 Å². The van der Waals surface area contributed by atoms with E-state index in [9.17, 15) is 4.39 Å². The van der Waals surface area contributed by atoms with Gasteiger partial charge in [0.1, 0.15) is 5.82 Å². The van der Waals surface area contributed by atoms with Crippen molar-refractivity contribution in [2.45, 2.75) is 19.4 Å². The zero-order chi connectivity index (χ0) is 14.7. The van der Waals surface area contributed by atoms with E-state index in [0.717, 1.165) is 23.1 Å². The highest BCUT2D eigenvalue weighted by Gasteiger charge is 2.16. The van der Waals surface area contributed by atoms with E-state index in [2.05, 4.69) is 5.32 Å². The van der Waals surface area contributed by atoms with Crippen LogP contribution in [0.2, 0.25) is 10.0 Å². The van der Waals surface area contributed by atoms with Crippen molar-refractivity contribution in [1.82, 2.24) is 5.32 Å². The van der Waals surface area contributed by atoms with Gasteiger partial charge in [-0.1, -0.05) is 41.4 Å². The van der Waals surface area contributed by atoms with Crippen LogP contribution < -0.4 is 5.32 Å². The maximum atomic E-state index is 13.2. The van der Waals surface area contributed by atoms with E-state index in [0.29, 0.717) is 10.0 Å². The van der Waals surface area contributed by atoms with Crippen LogP contribution in [-0.2, 0) is 6.42 Å². The van der Waals surface area contributed by atoms with E-state index in [1.165, 1.54) is 6.07 Å². The van der Waals surface area contributed by atoms with Crippen LogP contribution in [-0.4, -0.2) is 7.05 Å². The lowest BCUT2D eigenvalue weighted by Crippen LogP contribution is -2.19. The van der Waals surface area contributed by atoms with Gasteiger partial charge in [0.2, 0.25) is 0 Å². The first-order valence-electron chi connectivity index (χ1n) is 6.39. The van der Waals surface area contributed by atoms with Crippen LogP contribution >= 0.6 is 23.2 Å². The molecule has 0 bridgehead atoms. The summed E-state index contributed by atoms with van der Waals surface area (Å²) in [4.78, 5) is 0. The van der Waals surface area contributed by atoms with Crippen molar-refractivity contribution >= 4 is 23.2 Å². The topological polar surface area (TPSA) is 12.0 Å². The van der Waals surface area contributed by atoms with Crippen LogP contribution in [0.1, 0.15) is 22.7 Å². The van der Waals surface area contributed by atoms with E-state index < -0.39 is 0 Å². The van der Waals surface area contributed by atoms with Crippen molar-refractivity contribution in [1.29, 1.82) is 0 Å². The maximum Gasteiger partial charge on any atom is 0.123 e. The first-order chi connectivity index (χ1) is 9.52. The molecule has 0 radical (unpaired) electrons. The molecule has 2 aromatic rings. The van der Waals surface area contributed by atoms with Crippen molar-refractivity contribution in [2.24, 2.45) is 0 Å². The zero-order valence-corrected chi connectivity index (χ0v) is 12.9. The number of hydrogen-bond acceptors (Lipinski definition) is 1. The number of halogens is 3. The third kappa shape index (κ3) is 3.32. The average Bonchev–Trinajstić information content (AvgIpc) is 2.42. The first kappa shape index (κ1) is 15.3. The predicted octanol–water partition coefficient (Wildman–Crippen LogP) is 4.94. The Hall–Kier alpha value is -1.09. The van der Waals surface area contributed by atoms with Gasteiger partial charge in [0, 0.05) is 6.04 Å². The molecule has 2 rings (SSSR count). The van der Waals surface area contributed by atoms with E-state index in [1.54, 1.807) is 12.1 Å². The average molecular weight is 312 g/mol. The van der Waals surface area contributed by atoms with Crippen LogP contribution in [0.5, 0.6) is 0 Å². The summed E-state index contributed by atoms with van der Waals surface area (Å²) < 4.78 is 13.2. The highest BCUT2D eigenvalue weighted by atomic mass is 35.5. The molecule has 0 aromatic heterocycles. The smallest absolute Gasteiger partial charge is 0.123 e. The number of hydrogen-bond donors (Lipinski definition) is 1. The molecule has 1 N–H and O–H groups in total. The quantitative estimate of drug-likeness (QED) is 0.843. The third-order valence-electron chi connectivity index (χ3n) is 3.43. The number of nitrogens with one attached hydrogen (secondary N) is 1. The van der Waals surface area contributed by atoms with Gasteiger partial charge in [-0.3, -0.25) is 0 Å². The largest absolute Gasteiger partial charge is 0.313 e. The molecule has 0 fully saturated rings. The molecule has 0 saturated heterocycles. The van der Waals surface area contributed by atoms with Crippen LogP contribution in [0.25, 0.3) is 0 Å². The molecule has 0 aliphatic carbocycles. The predicted molar refractivity (Wildman–Crippen MR) is 83.1 cm³/mol. The maximum absolute atomic E-state index is 13.2. The standard InChI is InChI=1S/C16H16Cl2FN/c1-10-8-12(19)7-6-11(10)9-15(20-2)13-4-3-5-14(17)16(13)18/h3-8,15,20H,9H2,1-2H3. The minimum absolute atomic E-state index is 0.0327. The summed E-state index contributed by atoms with van der Waals surface area (Å²) in [5.74, 6) is -0.215. The zero-order valence-electron chi connectivity index (χ0n) is 11.4. The minimum Gasteiger partial charge on any atom is -0.313 e. The molecule has 0 saturated carbocycles. The molecule has 0 aliphatic rings. The molecule has 4 heteroatoms. The van der Waals surface area contributed by atoms with Gasteiger partial charge in [-0.25, -0.2) is 4.39 Å². The Balaban J connectivity index is 2.31. The van der Waals surface area contributed by atoms with Crippen LogP contribution in [0.3, 0.4) is 0 Å². The number of rotatable bonds is 4. The fraction of sp³-hybridized carbons (Fsp3) is 0.250. The molecule has 20 heavy (non-hydrogen) atoms. The van der Waals surface area contributed by atoms with Gasteiger partial charge in [-0.2, -0.15) is 0 Å². The molecule has 0 aliphatic heterocycles. The molecule has 1 nitrogen and oxygen atoms in total. The fourth-order valence-electron chi connectivity index (χ4n) is 2.27. The van der Waals surface area contributed by atoms with E-state index in [4.69, 9.17) is 23.2 Å². The minimum atomic E-state index is -0.215. The van der Waals surface area contributed by atoms with Crippen molar-refractivity contribution in [2.75, 3.05) is 7.05 Å². The van der Waals surface area contributed by atoms with Crippen molar-refractivity contribution in [3.63, 3.8) is 0 Å². The number of likely N-dealkylation sites (N-methyl/N-ethyl adjacent to an activating group) is 1. The summed E-state index contributed by atoms with van der Waals surface area (Å²) in [6.07, 6.45) is 0.725. The summed E-state index contributed by atoms with van der Waals surface area (Å²) in [5.41, 5.74) is 2.97. The summed E-state index contributed by atoms with van der Waals surface area (Å²) in [7, 11) is 1.88. The van der Waals surface area contributed by atoms with Crippen molar-refractivity contribution < 1.29 is 4.39 Å². The second kappa shape index (κ2) is 6.57. The monoisotopic (exact) mass is 311 g/mol. The van der Waals surface area contributed by atoms with Crippen LogP contribution in [0, 0.1) is 12.7 Å². The Morgan fingerprint density at radius 1 is 1.20 bits per heavy atom. The second-order valence-corrected chi connectivity index (χ2v) is 5.54. The second-order valence-electron chi connectivity index (χ2n) is 4.76. The summed E-state index contributed by atoms with van der Waals surface area (Å²) in [6, 6.07) is 10.5.